The van der Waals surface area contributed by atoms with Crippen LogP contribution in [-0.2, 0) is 10.2 Å². The van der Waals surface area contributed by atoms with E-state index in [4.69, 9.17) is 10.2 Å². The minimum atomic E-state index is -0.133. The third-order valence-corrected chi connectivity index (χ3v) is 3.67. The zero-order chi connectivity index (χ0) is 16.9. The van der Waals surface area contributed by atoms with Crippen molar-refractivity contribution in [3.63, 3.8) is 0 Å². The minimum absolute atomic E-state index is 0.0386. The lowest BCUT2D eigenvalue weighted by Gasteiger charge is -2.11. The van der Waals surface area contributed by atoms with Gasteiger partial charge in [0.15, 0.2) is 5.58 Å². The second-order valence-corrected chi connectivity index (χ2v) is 6.95. The van der Waals surface area contributed by atoms with Gasteiger partial charge in [0, 0.05) is 17.5 Å². The molecule has 0 fully saturated rings. The van der Waals surface area contributed by atoms with Crippen molar-refractivity contribution in [1.82, 2.24) is 4.98 Å². The number of carbonyl (C=O) groups is 1. The van der Waals surface area contributed by atoms with Gasteiger partial charge < -0.3 is 15.5 Å². The maximum Gasteiger partial charge on any atom is 0.224 e. The number of unbranched alkanes of at least 4 members (excludes halogenated alkanes) is 3. The van der Waals surface area contributed by atoms with Gasteiger partial charge in [0.05, 0.1) is 0 Å². The molecule has 0 aliphatic rings. The van der Waals surface area contributed by atoms with Gasteiger partial charge in [-0.1, -0.05) is 33.6 Å². The quantitative estimate of drug-likeness (QED) is 0.757. The first-order valence-corrected chi connectivity index (χ1v) is 8.31. The highest BCUT2D eigenvalue weighted by molar-refractivity contribution is 5.92. The predicted molar refractivity (Wildman–Crippen MR) is 93.5 cm³/mol. The van der Waals surface area contributed by atoms with Crippen LogP contribution in [0.2, 0.25) is 0 Å². The molecule has 2 aromatic rings. The number of rotatable bonds is 7. The first kappa shape index (κ1) is 17.5. The summed E-state index contributed by atoms with van der Waals surface area (Å²) in [6.07, 6.45) is 4.59. The molecule has 0 saturated carbocycles. The van der Waals surface area contributed by atoms with Crippen molar-refractivity contribution >= 4 is 22.7 Å². The highest BCUT2D eigenvalue weighted by Crippen LogP contribution is 2.27. The molecule has 0 spiro atoms. The molecule has 0 unspecified atom stereocenters. The van der Waals surface area contributed by atoms with Gasteiger partial charge >= 0.3 is 0 Å². The van der Waals surface area contributed by atoms with Crippen LogP contribution in [0.15, 0.2) is 22.6 Å². The monoisotopic (exact) mass is 317 g/mol. The number of nitrogens with one attached hydrogen (secondary N) is 1. The summed E-state index contributed by atoms with van der Waals surface area (Å²) in [7, 11) is 0. The van der Waals surface area contributed by atoms with Crippen molar-refractivity contribution in [2.24, 2.45) is 5.73 Å². The van der Waals surface area contributed by atoms with Crippen molar-refractivity contribution in [2.45, 2.75) is 58.3 Å². The van der Waals surface area contributed by atoms with Crippen LogP contribution in [0.4, 0.5) is 5.69 Å². The number of hydrogen-bond donors (Lipinski definition) is 2. The van der Waals surface area contributed by atoms with Crippen molar-refractivity contribution in [2.75, 3.05) is 11.9 Å². The highest BCUT2D eigenvalue weighted by atomic mass is 16.3. The van der Waals surface area contributed by atoms with E-state index in [1.165, 1.54) is 0 Å². The summed E-state index contributed by atoms with van der Waals surface area (Å²) in [4.78, 5) is 16.5. The zero-order valence-corrected chi connectivity index (χ0v) is 14.3. The minimum Gasteiger partial charge on any atom is -0.440 e. The molecule has 0 radical (unpaired) electrons. The Labute approximate surface area is 137 Å². The molecule has 0 aliphatic heterocycles. The molecule has 23 heavy (non-hydrogen) atoms. The van der Waals surface area contributed by atoms with Crippen LogP contribution >= 0.6 is 0 Å². The Balaban J connectivity index is 1.94. The molecule has 1 heterocycles. The van der Waals surface area contributed by atoms with Crippen LogP contribution in [0, 0.1) is 0 Å². The van der Waals surface area contributed by atoms with Gasteiger partial charge in [0.1, 0.15) is 5.52 Å². The first-order chi connectivity index (χ1) is 10.9. The molecular formula is C18H27N3O2. The van der Waals surface area contributed by atoms with Gasteiger partial charge in [0.25, 0.3) is 0 Å². The SMILES string of the molecule is CC(C)(C)c1nc2cc(NC(=O)CCCCCCN)ccc2o1. The standard InChI is InChI=1S/C18H27N3O2/c1-18(2,3)17-21-14-12-13(9-10-15(14)23-17)20-16(22)8-6-4-5-7-11-19/h9-10,12H,4-8,11,19H2,1-3H3,(H,20,22). The largest absolute Gasteiger partial charge is 0.440 e. The number of nitrogens with two attached hydrogens (primary N) is 1. The Kier molecular flexibility index (Phi) is 5.77. The molecule has 2 rings (SSSR count). The van der Waals surface area contributed by atoms with E-state index in [2.05, 4.69) is 31.1 Å². The molecule has 0 aliphatic carbocycles. The second-order valence-electron chi connectivity index (χ2n) is 6.95. The Morgan fingerprint density at radius 3 is 2.65 bits per heavy atom. The fourth-order valence-electron chi connectivity index (χ4n) is 2.33. The maximum atomic E-state index is 12.0. The topological polar surface area (TPSA) is 81.2 Å². The summed E-state index contributed by atoms with van der Waals surface area (Å²) in [6, 6.07) is 5.57. The average molecular weight is 317 g/mol. The fraction of sp³-hybridized carbons (Fsp3) is 0.556. The second kappa shape index (κ2) is 7.59. The molecule has 3 N–H and O–H groups in total. The van der Waals surface area contributed by atoms with E-state index in [-0.39, 0.29) is 11.3 Å². The van der Waals surface area contributed by atoms with Gasteiger partial charge in [-0.2, -0.15) is 0 Å². The Morgan fingerprint density at radius 1 is 1.22 bits per heavy atom. The molecule has 0 atom stereocenters. The zero-order valence-electron chi connectivity index (χ0n) is 14.3. The number of anilines is 1. The number of amides is 1. The van der Waals surface area contributed by atoms with Crippen LogP contribution in [0.1, 0.15) is 58.8 Å². The van der Waals surface area contributed by atoms with E-state index < -0.39 is 0 Å². The first-order valence-electron chi connectivity index (χ1n) is 8.31. The van der Waals surface area contributed by atoms with E-state index >= 15 is 0 Å². The fourth-order valence-corrected chi connectivity index (χ4v) is 2.33. The molecule has 1 amide bonds. The summed E-state index contributed by atoms with van der Waals surface area (Å²) < 4.78 is 5.76. The smallest absolute Gasteiger partial charge is 0.224 e. The van der Waals surface area contributed by atoms with Crippen LogP contribution in [-0.4, -0.2) is 17.4 Å². The molecule has 0 bridgehead atoms. The van der Waals surface area contributed by atoms with Crippen LogP contribution in [0.5, 0.6) is 0 Å². The van der Waals surface area contributed by atoms with Gasteiger partial charge in [-0.25, -0.2) is 4.98 Å². The van der Waals surface area contributed by atoms with E-state index in [0.717, 1.165) is 49.0 Å². The Hall–Kier alpha value is -1.88. The lowest BCUT2D eigenvalue weighted by Crippen LogP contribution is -2.11. The molecule has 1 aromatic heterocycles. The highest BCUT2D eigenvalue weighted by Gasteiger charge is 2.21. The molecule has 5 nitrogen and oxygen atoms in total. The molecular weight excluding hydrogens is 290 g/mol. The molecule has 126 valence electrons. The Bertz CT molecular complexity index is 656. The predicted octanol–water partition coefficient (Wildman–Crippen LogP) is 3.97. The number of hydrogen-bond acceptors (Lipinski definition) is 4. The van der Waals surface area contributed by atoms with Gasteiger partial charge in [-0.15, -0.1) is 0 Å². The van der Waals surface area contributed by atoms with Crippen LogP contribution in [0.25, 0.3) is 11.1 Å². The lowest BCUT2D eigenvalue weighted by molar-refractivity contribution is -0.116. The van der Waals surface area contributed by atoms with E-state index in [9.17, 15) is 4.79 Å². The molecule has 1 aromatic carbocycles. The Morgan fingerprint density at radius 2 is 1.96 bits per heavy atom. The third-order valence-electron chi connectivity index (χ3n) is 3.67. The van der Waals surface area contributed by atoms with Gasteiger partial charge in [-0.05, 0) is 37.6 Å². The summed E-state index contributed by atoms with van der Waals surface area (Å²) in [5.41, 5.74) is 7.60. The maximum absolute atomic E-state index is 12.0. The number of oxazole rings is 1. The number of carbonyl (C=O) groups excluding carboxylic acids is 1. The third kappa shape index (κ3) is 5.06. The average Bonchev–Trinajstić information content (AvgIpc) is 2.90. The van der Waals surface area contributed by atoms with E-state index in [1.54, 1.807) is 0 Å². The normalized spacial score (nSPS) is 11.8. The number of benzene rings is 1. The van der Waals surface area contributed by atoms with Gasteiger partial charge in [-0.3, -0.25) is 4.79 Å². The van der Waals surface area contributed by atoms with Crippen molar-refractivity contribution in [3.8, 4) is 0 Å². The van der Waals surface area contributed by atoms with E-state index in [0.29, 0.717) is 12.3 Å². The molecule has 5 heteroatoms. The number of fused-ring (bicyclic) bond motifs is 1. The summed E-state index contributed by atoms with van der Waals surface area (Å²) in [5.74, 6) is 0.743. The van der Waals surface area contributed by atoms with Crippen molar-refractivity contribution in [1.29, 1.82) is 0 Å². The summed E-state index contributed by atoms with van der Waals surface area (Å²) >= 11 is 0. The van der Waals surface area contributed by atoms with Gasteiger partial charge in [0.2, 0.25) is 11.8 Å². The molecule has 0 saturated heterocycles. The number of aromatic nitrogens is 1. The van der Waals surface area contributed by atoms with Crippen LogP contribution < -0.4 is 11.1 Å². The number of nitrogens with zero attached hydrogens (tertiary/aromatic N) is 1. The van der Waals surface area contributed by atoms with Crippen molar-refractivity contribution in [3.05, 3.63) is 24.1 Å². The van der Waals surface area contributed by atoms with Crippen molar-refractivity contribution < 1.29 is 9.21 Å². The lowest BCUT2D eigenvalue weighted by atomic mass is 9.97. The summed E-state index contributed by atoms with van der Waals surface area (Å²) in [5, 5.41) is 2.93. The van der Waals surface area contributed by atoms with E-state index in [1.807, 2.05) is 18.2 Å². The van der Waals surface area contributed by atoms with Crippen LogP contribution in [0.3, 0.4) is 0 Å². The summed E-state index contributed by atoms with van der Waals surface area (Å²) in [6.45, 7) is 6.90.